The molecule has 1 aromatic carbocycles. The highest BCUT2D eigenvalue weighted by Gasteiger charge is 2.19. The van der Waals surface area contributed by atoms with Crippen LogP contribution in [0.4, 0.5) is 4.39 Å². The van der Waals surface area contributed by atoms with Crippen LogP contribution >= 0.6 is 0 Å². The number of methoxy groups -OCH3 is 1. The molecule has 0 aliphatic carbocycles. The number of nitrogens with one attached hydrogen (secondary N) is 1. The number of aliphatic carboxylic acids is 1. The van der Waals surface area contributed by atoms with Gasteiger partial charge in [0, 0.05) is 18.4 Å². The molecule has 0 aliphatic heterocycles. The van der Waals surface area contributed by atoms with Gasteiger partial charge in [-0.1, -0.05) is 0 Å². The number of carboxylic acid groups (broad SMARTS) is 1. The summed E-state index contributed by atoms with van der Waals surface area (Å²) in [4.78, 5) is 33.9. The van der Waals surface area contributed by atoms with Gasteiger partial charge < -0.3 is 15.2 Å². The molecule has 1 amide bonds. The van der Waals surface area contributed by atoms with Crippen molar-refractivity contribution in [1.82, 2.24) is 5.32 Å². The lowest BCUT2D eigenvalue weighted by Gasteiger charge is -2.10. The van der Waals surface area contributed by atoms with Crippen molar-refractivity contribution < 1.29 is 28.6 Å². The van der Waals surface area contributed by atoms with Gasteiger partial charge >= 0.3 is 5.97 Å². The van der Waals surface area contributed by atoms with Crippen LogP contribution in [0.15, 0.2) is 24.3 Å². The van der Waals surface area contributed by atoms with Crippen LogP contribution in [0.1, 0.15) is 29.6 Å². The fourth-order valence-corrected chi connectivity index (χ4v) is 1.76. The van der Waals surface area contributed by atoms with E-state index < -0.39 is 24.6 Å². The fraction of sp³-hybridized carbons (Fsp3) is 0.400. The molecule has 1 atom stereocenters. The zero-order valence-electron chi connectivity index (χ0n) is 12.2. The Morgan fingerprint density at radius 3 is 2.36 bits per heavy atom. The third-order valence-corrected chi connectivity index (χ3v) is 3.01. The van der Waals surface area contributed by atoms with Crippen molar-refractivity contribution in [3.05, 3.63) is 29.8 Å². The predicted molar refractivity (Wildman–Crippen MR) is 76.7 cm³/mol. The van der Waals surface area contributed by atoms with Crippen LogP contribution in [-0.4, -0.2) is 42.6 Å². The molecule has 7 heteroatoms. The number of halogens is 1. The number of Topliss-reactive ketones (excluding diaryl/α,β-unsaturated/α-hetero) is 1. The number of carbonyl (C=O) groups excluding carboxylic acids is 2. The zero-order valence-corrected chi connectivity index (χ0v) is 12.2. The van der Waals surface area contributed by atoms with Crippen LogP contribution in [0, 0.1) is 0 Å². The van der Waals surface area contributed by atoms with Gasteiger partial charge in [0.15, 0.2) is 11.8 Å². The number of hydrogen-bond donors (Lipinski definition) is 2. The molecule has 1 rings (SSSR count). The summed E-state index contributed by atoms with van der Waals surface area (Å²) in [5.41, 5.74) is 0.508. The van der Waals surface area contributed by atoms with Crippen molar-refractivity contribution in [2.75, 3.05) is 13.8 Å². The molecule has 22 heavy (non-hydrogen) atoms. The first-order chi connectivity index (χ1) is 10.5. The monoisotopic (exact) mass is 311 g/mol. The third-order valence-electron chi connectivity index (χ3n) is 3.01. The second-order valence-corrected chi connectivity index (χ2v) is 4.62. The summed E-state index contributed by atoms with van der Waals surface area (Å²) in [6.45, 7) is -1.17. The molecule has 0 radical (unpaired) electrons. The molecule has 2 N–H and O–H groups in total. The van der Waals surface area contributed by atoms with E-state index in [1.165, 1.54) is 7.11 Å². The molecule has 0 fully saturated rings. The molecule has 0 saturated carbocycles. The summed E-state index contributed by atoms with van der Waals surface area (Å²) in [7, 11) is 1.53. The van der Waals surface area contributed by atoms with Gasteiger partial charge in [-0.2, -0.15) is 0 Å². The van der Waals surface area contributed by atoms with Crippen LogP contribution in [0.3, 0.4) is 0 Å². The quantitative estimate of drug-likeness (QED) is 0.676. The standard InChI is InChI=1S/C15H18FNO5/c1-22-11-7-5-10(6-8-11)13(18)3-2-4-14(19)17-12(9-16)15(20)21/h5-8,12H,2-4,9H2,1H3,(H,17,19)(H,20,21). The van der Waals surface area contributed by atoms with Crippen molar-refractivity contribution in [1.29, 1.82) is 0 Å². The lowest BCUT2D eigenvalue weighted by atomic mass is 10.1. The predicted octanol–water partition coefficient (Wildman–Crippen LogP) is 1.59. The molecule has 1 unspecified atom stereocenters. The van der Waals surface area contributed by atoms with Crippen molar-refractivity contribution in [3.63, 3.8) is 0 Å². The Kier molecular flexibility index (Phi) is 7.01. The Morgan fingerprint density at radius 2 is 1.86 bits per heavy atom. The van der Waals surface area contributed by atoms with E-state index in [0.717, 1.165) is 0 Å². The summed E-state index contributed by atoms with van der Waals surface area (Å²) in [5, 5.41) is 10.7. The molecule has 0 aromatic heterocycles. The molecule has 1 aromatic rings. The maximum Gasteiger partial charge on any atom is 0.328 e. The van der Waals surface area contributed by atoms with Crippen LogP contribution in [0.25, 0.3) is 0 Å². The highest BCUT2D eigenvalue weighted by Crippen LogP contribution is 2.13. The smallest absolute Gasteiger partial charge is 0.328 e. The highest BCUT2D eigenvalue weighted by molar-refractivity contribution is 5.96. The minimum atomic E-state index is -1.54. The Balaban J connectivity index is 2.38. The SMILES string of the molecule is COc1ccc(C(=O)CCCC(=O)NC(CF)C(=O)O)cc1. The summed E-state index contributed by atoms with van der Waals surface area (Å²) >= 11 is 0. The Bertz CT molecular complexity index is 529. The molecule has 120 valence electrons. The first-order valence-electron chi connectivity index (χ1n) is 6.73. The normalized spacial score (nSPS) is 11.5. The number of ether oxygens (including phenoxy) is 1. The molecule has 0 spiro atoms. The number of rotatable bonds is 9. The number of hydrogen-bond acceptors (Lipinski definition) is 4. The lowest BCUT2D eigenvalue weighted by molar-refractivity contribution is -0.142. The molecular weight excluding hydrogens is 293 g/mol. The Labute approximate surface area is 127 Å². The molecule has 0 bridgehead atoms. The van der Waals surface area contributed by atoms with Crippen molar-refractivity contribution in [2.45, 2.75) is 25.3 Å². The third kappa shape index (κ3) is 5.51. The number of alkyl halides is 1. The van der Waals surface area contributed by atoms with Gasteiger partial charge in [-0.15, -0.1) is 0 Å². The second kappa shape index (κ2) is 8.76. The van der Waals surface area contributed by atoms with Crippen molar-refractivity contribution in [2.24, 2.45) is 0 Å². The van der Waals surface area contributed by atoms with Crippen molar-refractivity contribution in [3.8, 4) is 5.75 Å². The fourth-order valence-electron chi connectivity index (χ4n) is 1.76. The lowest BCUT2D eigenvalue weighted by Crippen LogP contribution is -2.42. The summed E-state index contributed by atoms with van der Waals surface area (Å²) in [6.07, 6.45) is 0.369. The molecule has 6 nitrogen and oxygen atoms in total. The van der Waals surface area contributed by atoms with E-state index in [0.29, 0.717) is 11.3 Å². The maximum absolute atomic E-state index is 12.3. The first kappa shape index (κ1) is 17.6. The molecule has 0 aliphatic rings. The Hall–Kier alpha value is -2.44. The average molecular weight is 311 g/mol. The van der Waals surface area contributed by atoms with Gasteiger partial charge in [-0.25, -0.2) is 9.18 Å². The minimum absolute atomic E-state index is 0.0360. The van der Waals surface area contributed by atoms with E-state index in [4.69, 9.17) is 9.84 Å². The van der Waals surface area contributed by atoms with Gasteiger partial charge in [0.05, 0.1) is 7.11 Å². The number of amides is 1. The van der Waals surface area contributed by atoms with E-state index in [-0.39, 0.29) is 25.0 Å². The number of carbonyl (C=O) groups is 3. The minimum Gasteiger partial charge on any atom is -0.497 e. The van der Waals surface area contributed by atoms with E-state index >= 15 is 0 Å². The topological polar surface area (TPSA) is 92.7 Å². The van der Waals surface area contributed by atoms with Gasteiger partial charge in [-0.05, 0) is 30.7 Å². The van der Waals surface area contributed by atoms with Gasteiger partial charge in [-0.3, -0.25) is 9.59 Å². The highest BCUT2D eigenvalue weighted by atomic mass is 19.1. The van der Waals surface area contributed by atoms with Crippen LogP contribution in [0.5, 0.6) is 5.75 Å². The van der Waals surface area contributed by atoms with E-state index in [2.05, 4.69) is 5.32 Å². The molecular formula is C15H18FNO5. The number of benzene rings is 1. The van der Waals surface area contributed by atoms with Gasteiger partial charge in [0.25, 0.3) is 0 Å². The largest absolute Gasteiger partial charge is 0.497 e. The second-order valence-electron chi connectivity index (χ2n) is 4.62. The molecule has 0 saturated heterocycles. The van der Waals surface area contributed by atoms with E-state index in [1.54, 1.807) is 24.3 Å². The number of ketones is 1. The van der Waals surface area contributed by atoms with Crippen LogP contribution in [0.2, 0.25) is 0 Å². The van der Waals surface area contributed by atoms with Crippen molar-refractivity contribution >= 4 is 17.7 Å². The average Bonchev–Trinajstić information content (AvgIpc) is 2.52. The maximum atomic E-state index is 12.3. The number of carboxylic acids is 1. The summed E-state index contributed by atoms with van der Waals surface area (Å²) < 4.78 is 17.3. The van der Waals surface area contributed by atoms with Gasteiger partial charge in [0.1, 0.15) is 12.4 Å². The van der Waals surface area contributed by atoms with Gasteiger partial charge in [0.2, 0.25) is 5.91 Å². The van der Waals surface area contributed by atoms with E-state index in [9.17, 15) is 18.8 Å². The van der Waals surface area contributed by atoms with E-state index in [1.807, 2.05) is 0 Å². The summed E-state index contributed by atoms with van der Waals surface area (Å²) in [6, 6.07) is 5.05. The zero-order chi connectivity index (χ0) is 16.5. The summed E-state index contributed by atoms with van der Waals surface area (Å²) in [5.74, 6) is -1.50. The molecule has 0 heterocycles. The first-order valence-corrected chi connectivity index (χ1v) is 6.73. The Morgan fingerprint density at radius 1 is 1.23 bits per heavy atom. The van der Waals surface area contributed by atoms with Crippen LogP contribution < -0.4 is 10.1 Å². The van der Waals surface area contributed by atoms with Crippen LogP contribution in [-0.2, 0) is 9.59 Å².